The van der Waals surface area contributed by atoms with Crippen molar-refractivity contribution < 1.29 is 13.5 Å². The molecule has 90 valence electrons. The van der Waals surface area contributed by atoms with Crippen molar-refractivity contribution in [2.45, 2.75) is 31.7 Å². The van der Waals surface area contributed by atoms with Crippen LogP contribution in [-0.4, -0.2) is 48.7 Å². The Bertz CT molecular complexity index is 281. The van der Waals surface area contributed by atoms with Crippen molar-refractivity contribution in [3.8, 4) is 0 Å². The smallest absolute Gasteiger partial charge is 0.215 e. The first-order chi connectivity index (χ1) is 7.11. The maximum absolute atomic E-state index is 11.8. The van der Waals surface area contributed by atoms with Gasteiger partial charge in [-0.3, -0.25) is 0 Å². The van der Waals surface area contributed by atoms with E-state index in [0.717, 1.165) is 25.7 Å². The van der Waals surface area contributed by atoms with Crippen LogP contribution < -0.4 is 0 Å². The summed E-state index contributed by atoms with van der Waals surface area (Å²) in [6, 6.07) is -0.249. The lowest BCUT2D eigenvalue weighted by molar-refractivity contribution is 0.186. The number of halogens is 1. The Morgan fingerprint density at radius 1 is 1.33 bits per heavy atom. The molecule has 1 unspecified atom stereocenters. The lowest BCUT2D eigenvalue weighted by atomic mass is 10.1. The van der Waals surface area contributed by atoms with Crippen LogP contribution in [0.25, 0.3) is 0 Å². The van der Waals surface area contributed by atoms with Crippen molar-refractivity contribution in [3.05, 3.63) is 0 Å². The number of sulfonamides is 1. The Balaban J connectivity index is 2.78. The maximum atomic E-state index is 11.8. The molecule has 0 bridgehead atoms. The normalized spacial score (nSPS) is 25.1. The minimum absolute atomic E-state index is 0.0367. The second-order valence-electron chi connectivity index (χ2n) is 3.80. The number of aliphatic hydroxyl groups is 1. The van der Waals surface area contributed by atoms with E-state index in [1.165, 1.54) is 4.31 Å². The highest BCUT2D eigenvalue weighted by Crippen LogP contribution is 2.20. The van der Waals surface area contributed by atoms with Gasteiger partial charge in [-0.05, 0) is 12.8 Å². The summed E-state index contributed by atoms with van der Waals surface area (Å²) >= 11 is 5.47. The van der Waals surface area contributed by atoms with Gasteiger partial charge in [0.2, 0.25) is 10.0 Å². The fourth-order valence-electron chi connectivity index (χ4n) is 1.91. The van der Waals surface area contributed by atoms with Crippen LogP contribution in [-0.2, 0) is 10.0 Å². The van der Waals surface area contributed by atoms with Crippen molar-refractivity contribution in [2.75, 3.05) is 24.8 Å². The molecule has 0 radical (unpaired) electrons. The lowest BCUT2D eigenvalue weighted by Gasteiger charge is -2.27. The number of aliphatic hydroxyl groups excluding tert-OH is 1. The fourth-order valence-corrected chi connectivity index (χ4v) is 3.96. The Kier molecular flexibility index (Phi) is 5.32. The predicted molar refractivity (Wildman–Crippen MR) is 60.6 cm³/mol. The van der Waals surface area contributed by atoms with Gasteiger partial charge in [0.25, 0.3) is 0 Å². The molecule has 0 aromatic carbocycles. The molecule has 0 spiro atoms. The third-order valence-electron chi connectivity index (χ3n) is 2.73. The van der Waals surface area contributed by atoms with E-state index in [1.54, 1.807) is 0 Å². The summed E-state index contributed by atoms with van der Waals surface area (Å²) in [7, 11) is -3.28. The molecule has 0 aliphatic carbocycles. The van der Waals surface area contributed by atoms with E-state index in [2.05, 4.69) is 0 Å². The Hall–Kier alpha value is 0.160. The van der Waals surface area contributed by atoms with Crippen molar-refractivity contribution in [2.24, 2.45) is 0 Å². The number of hydrogen-bond acceptors (Lipinski definition) is 3. The highest BCUT2D eigenvalue weighted by Gasteiger charge is 2.29. The number of nitrogens with zero attached hydrogens (tertiary/aromatic N) is 1. The Morgan fingerprint density at radius 3 is 2.67 bits per heavy atom. The van der Waals surface area contributed by atoms with Gasteiger partial charge in [0, 0.05) is 18.5 Å². The molecular formula is C9H18ClNO3S. The average Bonchev–Trinajstić information content (AvgIpc) is 2.42. The lowest BCUT2D eigenvalue weighted by Crippen LogP contribution is -2.43. The number of hydrogen-bond donors (Lipinski definition) is 1. The van der Waals surface area contributed by atoms with Gasteiger partial charge < -0.3 is 5.11 Å². The largest absolute Gasteiger partial charge is 0.395 e. The molecule has 0 amide bonds. The van der Waals surface area contributed by atoms with Crippen molar-refractivity contribution >= 4 is 21.6 Å². The van der Waals surface area contributed by atoms with Gasteiger partial charge in [0.05, 0.1) is 12.4 Å². The molecule has 1 saturated heterocycles. The molecule has 0 saturated carbocycles. The van der Waals surface area contributed by atoms with Crippen LogP contribution in [0.4, 0.5) is 0 Å². The van der Waals surface area contributed by atoms with Gasteiger partial charge in [-0.25, -0.2) is 8.42 Å². The molecule has 1 atom stereocenters. The SMILES string of the molecule is O=S(=O)(CCCl)N1CCCCCC1CO. The zero-order valence-corrected chi connectivity index (χ0v) is 10.3. The first-order valence-electron chi connectivity index (χ1n) is 5.28. The molecule has 4 nitrogen and oxygen atoms in total. The van der Waals surface area contributed by atoms with Crippen molar-refractivity contribution in [3.63, 3.8) is 0 Å². The summed E-state index contributed by atoms with van der Waals surface area (Å²) in [5.74, 6) is 0.0715. The molecule has 1 fully saturated rings. The fraction of sp³-hybridized carbons (Fsp3) is 1.00. The number of rotatable bonds is 4. The molecule has 15 heavy (non-hydrogen) atoms. The summed E-state index contributed by atoms with van der Waals surface area (Å²) in [6.07, 6.45) is 3.64. The summed E-state index contributed by atoms with van der Waals surface area (Å²) in [5.41, 5.74) is 0. The van der Waals surface area contributed by atoms with Crippen LogP contribution in [0.15, 0.2) is 0 Å². The molecule has 1 aliphatic rings. The van der Waals surface area contributed by atoms with Gasteiger partial charge in [-0.1, -0.05) is 12.8 Å². The standard InChI is InChI=1S/C9H18ClNO3S/c10-5-7-15(13,14)11-6-3-1-2-4-9(11)8-12/h9,12H,1-8H2. The topological polar surface area (TPSA) is 57.6 Å². The first kappa shape index (κ1) is 13.2. The van der Waals surface area contributed by atoms with E-state index >= 15 is 0 Å². The molecular weight excluding hydrogens is 238 g/mol. The second-order valence-corrected chi connectivity index (χ2v) is 6.22. The Labute approximate surface area is 96.3 Å². The van der Waals surface area contributed by atoms with E-state index in [9.17, 15) is 13.5 Å². The first-order valence-corrected chi connectivity index (χ1v) is 7.42. The van der Waals surface area contributed by atoms with Crippen LogP contribution in [0.1, 0.15) is 25.7 Å². The van der Waals surface area contributed by atoms with E-state index in [4.69, 9.17) is 11.6 Å². The van der Waals surface area contributed by atoms with Gasteiger partial charge in [-0.15, -0.1) is 11.6 Å². The third kappa shape index (κ3) is 3.59. The van der Waals surface area contributed by atoms with E-state index < -0.39 is 10.0 Å². The monoisotopic (exact) mass is 255 g/mol. The maximum Gasteiger partial charge on any atom is 0.215 e. The highest BCUT2D eigenvalue weighted by atomic mass is 35.5. The zero-order valence-electron chi connectivity index (χ0n) is 8.73. The summed E-state index contributed by atoms with van der Waals surface area (Å²) in [4.78, 5) is 0. The third-order valence-corrected chi connectivity index (χ3v) is 5.05. The van der Waals surface area contributed by atoms with Crippen LogP contribution in [0, 0.1) is 0 Å². The van der Waals surface area contributed by atoms with E-state index in [1.807, 2.05) is 0 Å². The molecule has 1 N–H and O–H groups in total. The predicted octanol–water partition coefficient (Wildman–Crippen LogP) is 0.792. The van der Waals surface area contributed by atoms with Gasteiger partial charge in [0.15, 0.2) is 0 Å². The molecule has 0 aromatic rings. The van der Waals surface area contributed by atoms with Gasteiger partial charge in [-0.2, -0.15) is 4.31 Å². The van der Waals surface area contributed by atoms with Crippen molar-refractivity contribution in [1.82, 2.24) is 4.31 Å². The van der Waals surface area contributed by atoms with Gasteiger partial charge >= 0.3 is 0 Å². The minimum Gasteiger partial charge on any atom is -0.395 e. The quantitative estimate of drug-likeness (QED) is 0.756. The zero-order chi connectivity index (χ0) is 11.3. The van der Waals surface area contributed by atoms with Crippen LogP contribution in [0.5, 0.6) is 0 Å². The van der Waals surface area contributed by atoms with Crippen molar-refractivity contribution in [1.29, 1.82) is 0 Å². The van der Waals surface area contributed by atoms with Crippen LogP contribution in [0.2, 0.25) is 0 Å². The summed E-state index contributed by atoms with van der Waals surface area (Å²) in [5, 5.41) is 9.18. The molecule has 6 heteroatoms. The van der Waals surface area contributed by atoms with Crippen LogP contribution >= 0.6 is 11.6 Å². The average molecular weight is 256 g/mol. The Morgan fingerprint density at radius 2 is 2.07 bits per heavy atom. The van der Waals surface area contributed by atoms with E-state index in [-0.39, 0.29) is 24.3 Å². The summed E-state index contributed by atoms with van der Waals surface area (Å²) in [6.45, 7) is 0.423. The highest BCUT2D eigenvalue weighted by molar-refractivity contribution is 7.89. The van der Waals surface area contributed by atoms with Gasteiger partial charge in [0.1, 0.15) is 0 Å². The molecule has 1 aliphatic heterocycles. The molecule has 1 heterocycles. The summed E-state index contributed by atoms with van der Waals surface area (Å²) < 4.78 is 25.1. The number of alkyl halides is 1. The van der Waals surface area contributed by atoms with E-state index in [0.29, 0.717) is 6.54 Å². The van der Waals surface area contributed by atoms with Crippen LogP contribution in [0.3, 0.4) is 0 Å². The molecule has 1 rings (SSSR count). The minimum atomic E-state index is -3.28. The second kappa shape index (κ2) is 6.03. The molecule has 0 aromatic heterocycles.